The van der Waals surface area contributed by atoms with Gasteiger partial charge in [-0.2, -0.15) is 0 Å². The minimum absolute atomic E-state index is 0.325. The van der Waals surface area contributed by atoms with Crippen molar-refractivity contribution in [3.05, 3.63) is 54.5 Å². The molecule has 1 saturated heterocycles. The Balaban J connectivity index is 1.51. The van der Waals surface area contributed by atoms with Crippen LogP contribution in [0, 0.1) is 0 Å². The lowest BCUT2D eigenvalue weighted by Gasteiger charge is -2.28. The maximum atomic E-state index is 10.3. The highest BCUT2D eigenvalue weighted by molar-refractivity contribution is 6.12. The number of rotatable bonds is 3. The zero-order valence-electron chi connectivity index (χ0n) is 18.2. The number of aliphatic hydroxyl groups excluding tert-OH is 1. The molecule has 7 nitrogen and oxygen atoms in total. The largest absolute Gasteiger partial charge is 0.391 e. The van der Waals surface area contributed by atoms with Gasteiger partial charge in [-0.05, 0) is 42.9 Å². The Morgan fingerprint density at radius 2 is 1.91 bits per heavy atom. The molecule has 4 aromatic heterocycles. The summed E-state index contributed by atoms with van der Waals surface area (Å²) in [5, 5.41) is 13.5. The number of hydrogen-bond acceptors (Lipinski definition) is 6. The summed E-state index contributed by atoms with van der Waals surface area (Å²) in [6, 6.07) is 10.2. The Labute approximate surface area is 190 Å². The maximum Gasteiger partial charge on any atom is 0.163 e. The number of nitrogens with zero attached hydrogens (tertiary/aromatic N) is 5. The van der Waals surface area contributed by atoms with Gasteiger partial charge in [-0.3, -0.25) is 4.98 Å². The highest BCUT2D eigenvalue weighted by atomic mass is 16.3. The third kappa shape index (κ3) is 2.92. The summed E-state index contributed by atoms with van der Waals surface area (Å²) in [5.74, 6) is 2.10. The average molecular weight is 437 g/mol. The van der Waals surface area contributed by atoms with Gasteiger partial charge in [0, 0.05) is 52.7 Å². The van der Waals surface area contributed by atoms with Crippen molar-refractivity contribution >= 4 is 38.7 Å². The number of β-amino-alcohol motifs (C(OH)–C–C–N with tert-alkyl or cyclic N) is 1. The van der Waals surface area contributed by atoms with E-state index >= 15 is 0 Å². The normalized spacial score (nSPS) is 19.1. The molecule has 33 heavy (non-hydrogen) atoms. The van der Waals surface area contributed by atoms with Gasteiger partial charge in [-0.25, -0.2) is 15.0 Å². The van der Waals surface area contributed by atoms with Crippen LogP contribution >= 0.6 is 0 Å². The molecule has 2 N–H and O–H groups in total. The fourth-order valence-corrected chi connectivity index (χ4v) is 5.35. The molecule has 5 aromatic rings. The molecule has 0 bridgehead atoms. The monoisotopic (exact) mass is 436 g/mol. The first kappa shape index (κ1) is 18.9. The standard InChI is InChI=1S/C26H24N6O/c33-16-9-11-32(14-16)26-23-19(15-4-3-5-15)12-27-13-21(23)30-24(31-26)18-8-10-28-25-22(18)17-6-1-2-7-20(17)29-25/h1-2,6-8,10,12-13,15-16,33H,3-5,9,11,14H2,(H,28,29). The second-order valence-corrected chi connectivity index (χ2v) is 9.26. The SMILES string of the molecule is OC1CCN(c2nc(-c3ccnc4[nH]c5ccccc5c34)nc3cncc(C4CCC4)c23)C1. The van der Waals surface area contributed by atoms with E-state index in [1.54, 1.807) is 0 Å². The van der Waals surface area contributed by atoms with Gasteiger partial charge in [0.15, 0.2) is 5.82 Å². The fourth-order valence-electron chi connectivity index (χ4n) is 5.35. The minimum Gasteiger partial charge on any atom is -0.391 e. The van der Waals surface area contributed by atoms with Crippen LogP contribution in [0.25, 0.3) is 44.2 Å². The van der Waals surface area contributed by atoms with Crippen molar-refractivity contribution in [1.29, 1.82) is 0 Å². The van der Waals surface area contributed by atoms with Crippen molar-refractivity contribution in [1.82, 2.24) is 24.9 Å². The summed E-state index contributed by atoms with van der Waals surface area (Å²) >= 11 is 0. The number of anilines is 1. The summed E-state index contributed by atoms with van der Waals surface area (Å²) in [6.07, 6.45) is 9.72. The number of aliphatic hydroxyl groups is 1. The molecule has 0 radical (unpaired) electrons. The van der Waals surface area contributed by atoms with E-state index in [4.69, 9.17) is 9.97 Å². The molecular weight excluding hydrogens is 412 g/mol. The molecule has 164 valence electrons. The highest BCUT2D eigenvalue weighted by Gasteiger charge is 2.29. The van der Waals surface area contributed by atoms with Crippen LogP contribution in [0.1, 0.15) is 37.2 Å². The van der Waals surface area contributed by atoms with Crippen LogP contribution in [0.2, 0.25) is 0 Å². The number of para-hydroxylation sites is 1. The van der Waals surface area contributed by atoms with E-state index in [2.05, 4.69) is 32.0 Å². The van der Waals surface area contributed by atoms with E-state index in [0.717, 1.165) is 57.2 Å². The molecule has 7 heteroatoms. The van der Waals surface area contributed by atoms with Crippen molar-refractivity contribution in [2.75, 3.05) is 18.0 Å². The summed E-state index contributed by atoms with van der Waals surface area (Å²) in [5.41, 5.74) is 4.94. The maximum absolute atomic E-state index is 10.3. The van der Waals surface area contributed by atoms with Crippen LogP contribution < -0.4 is 4.90 Å². The van der Waals surface area contributed by atoms with Crippen molar-refractivity contribution < 1.29 is 5.11 Å². The van der Waals surface area contributed by atoms with Gasteiger partial charge in [0.2, 0.25) is 0 Å². The van der Waals surface area contributed by atoms with Crippen molar-refractivity contribution in [2.24, 2.45) is 0 Å². The van der Waals surface area contributed by atoms with Gasteiger partial charge >= 0.3 is 0 Å². The summed E-state index contributed by atoms with van der Waals surface area (Å²) in [7, 11) is 0. The Kier molecular flexibility index (Phi) is 4.14. The van der Waals surface area contributed by atoms with Crippen molar-refractivity contribution in [3.63, 3.8) is 0 Å². The Morgan fingerprint density at radius 3 is 2.73 bits per heavy atom. The Bertz CT molecular complexity index is 1520. The third-order valence-corrected chi connectivity index (χ3v) is 7.27. The minimum atomic E-state index is -0.325. The topological polar surface area (TPSA) is 90.8 Å². The first-order valence-corrected chi connectivity index (χ1v) is 11.7. The molecule has 5 heterocycles. The van der Waals surface area contributed by atoms with Crippen LogP contribution in [0.4, 0.5) is 5.82 Å². The molecule has 1 aliphatic heterocycles. The van der Waals surface area contributed by atoms with Crippen LogP contribution in [-0.4, -0.2) is 49.2 Å². The predicted molar refractivity (Wildman–Crippen MR) is 129 cm³/mol. The number of benzene rings is 1. The summed E-state index contributed by atoms with van der Waals surface area (Å²) in [4.78, 5) is 24.9. The Hall–Kier alpha value is -3.58. The number of aromatic amines is 1. The second-order valence-electron chi connectivity index (χ2n) is 9.26. The van der Waals surface area contributed by atoms with E-state index < -0.39 is 0 Å². The number of aromatic nitrogens is 5. The zero-order chi connectivity index (χ0) is 21.9. The van der Waals surface area contributed by atoms with E-state index in [0.29, 0.717) is 18.3 Å². The van der Waals surface area contributed by atoms with Gasteiger partial charge in [-0.1, -0.05) is 24.6 Å². The molecular formula is C26H24N6O. The van der Waals surface area contributed by atoms with E-state index in [1.807, 2.05) is 36.8 Å². The zero-order valence-corrected chi connectivity index (χ0v) is 18.2. The van der Waals surface area contributed by atoms with E-state index in [9.17, 15) is 5.11 Å². The summed E-state index contributed by atoms with van der Waals surface area (Å²) in [6.45, 7) is 1.38. The van der Waals surface area contributed by atoms with Crippen LogP contribution in [0.3, 0.4) is 0 Å². The predicted octanol–water partition coefficient (Wildman–Crippen LogP) is 4.56. The number of fused-ring (bicyclic) bond motifs is 4. The molecule has 1 atom stereocenters. The van der Waals surface area contributed by atoms with Crippen LogP contribution in [0.5, 0.6) is 0 Å². The number of pyridine rings is 2. The number of hydrogen-bond donors (Lipinski definition) is 2. The molecule has 7 rings (SSSR count). The summed E-state index contributed by atoms with van der Waals surface area (Å²) < 4.78 is 0. The van der Waals surface area contributed by atoms with Gasteiger partial charge in [-0.15, -0.1) is 0 Å². The lowest BCUT2D eigenvalue weighted by atomic mass is 9.79. The smallest absolute Gasteiger partial charge is 0.163 e. The number of H-pyrrole nitrogens is 1. The second kappa shape index (κ2) is 7.22. The van der Waals surface area contributed by atoms with Crippen molar-refractivity contribution in [3.8, 4) is 11.4 Å². The highest BCUT2D eigenvalue weighted by Crippen LogP contribution is 2.43. The lowest BCUT2D eigenvalue weighted by Crippen LogP contribution is -2.24. The van der Waals surface area contributed by atoms with Gasteiger partial charge < -0.3 is 15.0 Å². The first-order chi connectivity index (χ1) is 16.3. The van der Waals surface area contributed by atoms with E-state index in [-0.39, 0.29) is 6.10 Å². The van der Waals surface area contributed by atoms with Crippen LogP contribution in [-0.2, 0) is 0 Å². The van der Waals surface area contributed by atoms with E-state index in [1.165, 1.54) is 24.8 Å². The van der Waals surface area contributed by atoms with Gasteiger partial charge in [0.25, 0.3) is 0 Å². The number of nitrogens with one attached hydrogen (secondary N) is 1. The van der Waals surface area contributed by atoms with Gasteiger partial charge in [0.05, 0.1) is 17.8 Å². The first-order valence-electron chi connectivity index (χ1n) is 11.7. The fraction of sp³-hybridized carbons (Fsp3) is 0.308. The molecule has 1 aliphatic carbocycles. The van der Waals surface area contributed by atoms with Crippen LogP contribution in [0.15, 0.2) is 48.9 Å². The molecule has 1 aromatic carbocycles. The van der Waals surface area contributed by atoms with Crippen molar-refractivity contribution in [2.45, 2.75) is 37.7 Å². The average Bonchev–Trinajstić information content (AvgIpc) is 3.40. The molecule has 0 amide bonds. The third-order valence-electron chi connectivity index (χ3n) is 7.27. The molecule has 2 aliphatic rings. The van der Waals surface area contributed by atoms with Gasteiger partial charge in [0.1, 0.15) is 11.5 Å². The molecule has 1 unspecified atom stereocenters. The Morgan fingerprint density at radius 1 is 1.00 bits per heavy atom. The lowest BCUT2D eigenvalue weighted by molar-refractivity contribution is 0.198. The molecule has 0 spiro atoms. The quantitative estimate of drug-likeness (QED) is 0.431. The molecule has 1 saturated carbocycles. The molecule has 2 fully saturated rings.